The van der Waals surface area contributed by atoms with E-state index in [4.69, 9.17) is 11.6 Å². The zero-order valence-corrected chi connectivity index (χ0v) is 7.52. The lowest BCUT2D eigenvalue weighted by Gasteiger charge is -1.83. The molecule has 0 saturated heterocycles. The number of aromatic nitrogens is 1. The molecule has 5 heteroatoms. The molecule has 0 atom stereocenters. The number of carbonyl (C=O) groups is 1. The minimum atomic E-state index is -0.421. The van der Waals surface area contributed by atoms with E-state index in [9.17, 15) is 4.79 Å². The molecule has 0 bridgehead atoms. The first kappa shape index (κ1) is 9.88. The van der Waals surface area contributed by atoms with E-state index in [-0.39, 0.29) is 12.4 Å². The Kier molecular flexibility index (Phi) is 3.86. The molecule has 0 radical (unpaired) electrons. The summed E-state index contributed by atoms with van der Waals surface area (Å²) >= 11 is 6.45. The summed E-state index contributed by atoms with van der Waals surface area (Å²) in [5.41, 5.74) is 2.31. The van der Waals surface area contributed by atoms with Gasteiger partial charge in [-0.3, -0.25) is 4.79 Å². The van der Waals surface area contributed by atoms with Gasteiger partial charge in [0.25, 0.3) is 5.24 Å². The van der Waals surface area contributed by atoms with Crippen molar-refractivity contribution >= 4 is 40.6 Å². The Morgan fingerprint density at radius 2 is 2.40 bits per heavy atom. The summed E-state index contributed by atoms with van der Waals surface area (Å²) in [6.45, 7) is 1.76. The number of thiazole rings is 1. The lowest BCUT2D eigenvalue weighted by atomic mass is 10.4. The fourth-order valence-electron chi connectivity index (χ4n) is 0.491. The fraction of sp³-hybridized carbons (Fsp3) is 0.200. The van der Waals surface area contributed by atoms with Crippen molar-refractivity contribution in [2.45, 2.75) is 6.92 Å². The van der Waals surface area contributed by atoms with E-state index in [1.54, 1.807) is 12.4 Å². The van der Waals surface area contributed by atoms with Crippen molar-refractivity contribution in [2.75, 3.05) is 0 Å². The van der Waals surface area contributed by atoms with Crippen molar-refractivity contribution in [3.8, 4) is 0 Å². The van der Waals surface area contributed by atoms with Crippen LogP contribution in [0.25, 0.3) is 0 Å². The lowest BCUT2D eigenvalue weighted by molar-refractivity contribution is 0.108. The molecule has 1 rings (SSSR count). The van der Waals surface area contributed by atoms with Gasteiger partial charge in [-0.15, -0.1) is 23.7 Å². The van der Waals surface area contributed by atoms with Crippen molar-refractivity contribution in [2.24, 2.45) is 0 Å². The van der Waals surface area contributed by atoms with E-state index >= 15 is 0 Å². The normalized spacial score (nSPS) is 8.60. The molecule has 1 heterocycles. The maximum atomic E-state index is 10.5. The number of hydrogen-bond acceptors (Lipinski definition) is 3. The topological polar surface area (TPSA) is 30.0 Å². The molecule has 0 spiro atoms. The standard InChI is InChI=1S/C5H4ClNOS.ClH/c1-3-4(5(6)8)9-2-7-3;/h2H,1H3;1H. The number of carbonyl (C=O) groups excluding carboxylic acids is 1. The molecule has 1 aromatic heterocycles. The van der Waals surface area contributed by atoms with E-state index in [0.717, 1.165) is 0 Å². The van der Waals surface area contributed by atoms with Gasteiger partial charge < -0.3 is 0 Å². The van der Waals surface area contributed by atoms with E-state index < -0.39 is 5.24 Å². The Morgan fingerprint density at radius 1 is 1.80 bits per heavy atom. The molecule has 10 heavy (non-hydrogen) atoms. The molecule has 56 valence electrons. The second-order valence-corrected chi connectivity index (χ2v) is 2.74. The molecule has 0 saturated carbocycles. The van der Waals surface area contributed by atoms with Crippen LogP contribution in [0.15, 0.2) is 5.51 Å². The van der Waals surface area contributed by atoms with Crippen LogP contribution in [-0.2, 0) is 0 Å². The summed E-state index contributed by atoms with van der Waals surface area (Å²) in [7, 11) is 0. The SMILES string of the molecule is Cc1ncsc1C(=O)Cl.Cl. The first-order valence-corrected chi connectivity index (χ1v) is 3.57. The van der Waals surface area contributed by atoms with Crippen LogP contribution in [-0.4, -0.2) is 10.2 Å². The molecule has 2 nitrogen and oxygen atoms in total. The Morgan fingerprint density at radius 3 is 2.60 bits per heavy atom. The molecule has 0 N–H and O–H groups in total. The Bertz CT molecular complexity index is 235. The Labute approximate surface area is 73.6 Å². The number of nitrogens with zero attached hydrogens (tertiary/aromatic N) is 1. The first-order chi connectivity index (χ1) is 4.22. The maximum absolute atomic E-state index is 10.5. The third kappa shape index (κ3) is 1.94. The molecular formula is C5H5Cl2NOS. The van der Waals surface area contributed by atoms with Crippen LogP contribution in [0.5, 0.6) is 0 Å². The predicted molar refractivity (Wildman–Crippen MR) is 44.3 cm³/mol. The highest BCUT2D eigenvalue weighted by molar-refractivity contribution is 7.13. The second-order valence-electron chi connectivity index (χ2n) is 1.54. The third-order valence-electron chi connectivity index (χ3n) is 0.924. The molecule has 0 aromatic carbocycles. The van der Waals surface area contributed by atoms with Crippen LogP contribution in [0.2, 0.25) is 0 Å². The molecule has 0 aliphatic rings. The highest BCUT2D eigenvalue weighted by Crippen LogP contribution is 2.13. The minimum Gasteiger partial charge on any atom is -0.275 e. The summed E-state index contributed by atoms with van der Waals surface area (Å²) in [4.78, 5) is 14.9. The highest BCUT2D eigenvalue weighted by Gasteiger charge is 2.06. The fourth-order valence-corrected chi connectivity index (χ4v) is 1.39. The molecule has 0 aliphatic carbocycles. The van der Waals surface area contributed by atoms with E-state index in [0.29, 0.717) is 10.6 Å². The van der Waals surface area contributed by atoms with Gasteiger partial charge in [-0.05, 0) is 18.5 Å². The third-order valence-corrected chi connectivity index (χ3v) is 2.15. The molecule has 1 aromatic rings. The lowest BCUT2D eigenvalue weighted by Crippen LogP contribution is -1.85. The van der Waals surface area contributed by atoms with Crippen LogP contribution < -0.4 is 0 Å². The van der Waals surface area contributed by atoms with Crippen molar-refractivity contribution in [1.29, 1.82) is 0 Å². The highest BCUT2D eigenvalue weighted by atomic mass is 35.5. The van der Waals surface area contributed by atoms with E-state index in [2.05, 4.69) is 4.98 Å². The molecule has 0 fully saturated rings. The minimum absolute atomic E-state index is 0. The number of hydrogen-bond donors (Lipinski definition) is 0. The number of halogens is 2. The van der Waals surface area contributed by atoms with Gasteiger partial charge in [-0.1, -0.05) is 0 Å². The Balaban J connectivity index is 0.000000810. The van der Waals surface area contributed by atoms with Crippen molar-refractivity contribution in [3.05, 3.63) is 16.1 Å². The van der Waals surface area contributed by atoms with Gasteiger partial charge >= 0.3 is 0 Å². The summed E-state index contributed by atoms with van der Waals surface area (Å²) in [6.07, 6.45) is 0. The van der Waals surface area contributed by atoms with Crippen molar-refractivity contribution in [1.82, 2.24) is 4.98 Å². The van der Waals surface area contributed by atoms with Crippen molar-refractivity contribution < 1.29 is 4.79 Å². The van der Waals surface area contributed by atoms with Gasteiger partial charge in [-0.2, -0.15) is 0 Å². The van der Waals surface area contributed by atoms with Gasteiger partial charge in [0.05, 0.1) is 11.2 Å². The zero-order chi connectivity index (χ0) is 6.85. The number of aryl methyl sites for hydroxylation is 1. The van der Waals surface area contributed by atoms with Crippen LogP contribution in [0.1, 0.15) is 15.4 Å². The Hall–Kier alpha value is -0.120. The van der Waals surface area contributed by atoms with Crippen LogP contribution in [0.3, 0.4) is 0 Å². The number of rotatable bonds is 1. The molecular weight excluding hydrogens is 193 g/mol. The second kappa shape index (κ2) is 3.91. The zero-order valence-electron chi connectivity index (χ0n) is 5.13. The van der Waals surface area contributed by atoms with Gasteiger partial charge in [-0.25, -0.2) is 4.98 Å². The van der Waals surface area contributed by atoms with Crippen molar-refractivity contribution in [3.63, 3.8) is 0 Å². The maximum Gasteiger partial charge on any atom is 0.264 e. The quantitative estimate of drug-likeness (QED) is 0.647. The summed E-state index contributed by atoms with van der Waals surface area (Å²) in [5.74, 6) is 0. The predicted octanol–water partition coefficient (Wildman–Crippen LogP) is 2.25. The van der Waals surface area contributed by atoms with Crippen LogP contribution >= 0.6 is 35.3 Å². The first-order valence-electron chi connectivity index (χ1n) is 2.31. The summed E-state index contributed by atoms with van der Waals surface area (Å²) < 4.78 is 0. The average Bonchev–Trinajstić information content (AvgIpc) is 2.13. The van der Waals surface area contributed by atoms with Gasteiger partial charge in [0.15, 0.2) is 0 Å². The van der Waals surface area contributed by atoms with Gasteiger partial charge in [0.1, 0.15) is 4.88 Å². The van der Waals surface area contributed by atoms with Gasteiger partial charge in [0, 0.05) is 0 Å². The largest absolute Gasteiger partial charge is 0.275 e. The van der Waals surface area contributed by atoms with E-state index in [1.807, 2.05) is 0 Å². The average molecular weight is 198 g/mol. The summed E-state index contributed by atoms with van der Waals surface area (Å²) in [6, 6.07) is 0. The molecule has 0 unspecified atom stereocenters. The van der Waals surface area contributed by atoms with Crippen LogP contribution in [0, 0.1) is 6.92 Å². The van der Waals surface area contributed by atoms with Crippen LogP contribution in [0.4, 0.5) is 0 Å². The van der Waals surface area contributed by atoms with Gasteiger partial charge in [0.2, 0.25) is 0 Å². The van der Waals surface area contributed by atoms with E-state index in [1.165, 1.54) is 11.3 Å². The monoisotopic (exact) mass is 197 g/mol. The smallest absolute Gasteiger partial charge is 0.264 e. The summed E-state index contributed by atoms with van der Waals surface area (Å²) in [5, 5.41) is -0.421. The molecule has 0 amide bonds. The molecule has 0 aliphatic heterocycles.